The monoisotopic (exact) mass is 536 g/mol. The second kappa shape index (κ2) is 10.4. The van der Waals surface area contributed by atoms with Gasteiger partial charge in [-0.1, -0.05) is 30.3 Å². The van der Waals surface area contributed by atoms with Crippen LogP contribution >= 0.6 is 0 Å². The van der Waals surface area contributed by atoms with Gasteiger partial charge in [0.1, 0.15) is 16.7 Å². The number of amides is 1. The van der Waals surface area contributed by atoms with Crippen molar-refractivity contribution in [2.45, 2.75) is 46.3 Å². The van der Waals surface area contributed by atoms with Gasteiger partial charge in [0, 0.05) is 34.8 Å². The molecule has 2 N–H and O–H groups in total. The molecule has 2 aromatic heterocycles. The second-order valence-electron chi connectivity index (χ2n) is 10.8. The van der Waals surface area contributed by atoms with Crippen molar-refractivity contribution in [1.82, 2.24) is 15.5 Å². The maximum atomic E-state index is 12.9. The first-order valence-electron chi connectivity index (χ1n) is 13.2. The van der Waals surface area contributed by atoms with Crippen molar-refractivity contribution in [3.63, 3.8) is 0 Å². The molecule has 0 radical (unpaired) electrons. The Kier molecular flexibility index (Phi) is 7.02. The molecule has 40 heavy (non-hydrogen) atoms. The van der Waals surface area contributed by atoms with Crippen LogP contribution in [-0.2, 0) is 4.74 Å². The van der Waals surface area contributed by atoms with Crippen molar-refractivity contribution in [3.05, 3.63) is 89.1 Å². The smallest absolute Gasteiger partial charge is 0.340 e. The number of para-hydroxylation sites is 1. The molecule has 0 bridgehead atoms. The second-order valence-corrected chi connectivity index (χ2v) is 10.8. The highest BCUT2D eigenvalue weighted by Crippen LogP contribution is 2.38. The van der Waals surface area contributed by atoms with Gasteiger partial charge in [-0.2, -0.15) is 5.10 Å². The number of nitrogens with zero attached hydrogens (tertiary/aromatic N) is 2. The number of nitrogens with one attached hydrogen (secondary N) is 2. The number of rotatable bonds is 6. The van der Waals surface area contributed by atoms with Gasteiger partial charge in [0.05, 0.1) is 17.8 Å². The number of anilines is 1. The van der Waals surface area contributed by atoms with Gasteiger partial charge in [0.15, 0.2) is 5.58 Å². The van der Waals surface area contributed by atoms with E-state index in [1.54, 1.807) is 31.4 Å². The Balaban J connectivity index is 1.56. The molecule has 0 aliphatic rings. The van der Waals surface area contributed by atoms with Gasteiger partial charge in [0.2, 0.25) is 0 Å². The Hall–Kier alpha value is -4.72. The zero-order valence-electron chi connectivity index (χ0n) is 23.5. The molecule has 204 valence electrons. The number of aromatic nitrogens is 2. The molecular formula is C32H32N4O4. The van der Waals surface area contributed by atoms with Crippen LogP contribution in [0.5, 0.6) is 0 Å². The normalized spacial score (nSPS) is 12.3. The molecule has 0 saturated carbocycles. The largest absolute Gasteiger partial charge is 0.456 e. The van der Waals surface area contributed by atoms with E-state index in [9.17, 15) is 9.59 Å². The van der Waals surface area contributed by atoms with E-state index in [4.69, 9.17) is 9.15 Å². The lowest BCUT2D eigenvalue weighted by Crippen LogP contribution is -2.24. The number of benzene rings is 3. The molecule has 0 spiro atoms. The number of hydrogen-bond donors (Lipinski definition) is 2. The Morgan fingerprint density at radius 1 is 1.00 bits per heavy atom. The fourth-order valence-corrected chi connectivity index (χ4v) is 4.75. The maximum absolute atomic E-state index is 12.9. The fraction of sp³-hybridized carbons (Fsp3) is 0.250. The maximum Gasteiger partial charge on any atom is 0.340 e. The van der Waals surface area contributed by atoms with Crippen LogP contribution in [0.3, 0.4) is 0 Å². The minimum Gasteiger partial charge on any atom is -0.456 e. The number of hydrogen-bond acceptors (Lipinski definition) is 7. The summed E-state index contributed by atoms with van der Waals surface area (Å²) >= 11 is 0. The molecule has 5 rings (SSSR count). The zero-order valence-corrected chi connectivity index (χ0v) is 23.5. The standard InChI is InChI=1S/C32H32N4O4/c1-18-15-23(19(2)35-26-10-8-7-9-22(26)31(38)40-32(3,4)5)28-24(16-18)27-29(39-28)25(17-34-36-27)20-11-13-21(14-12-20)30(37)33-6/h7-17,19,35H,1-6H3,(H,33,37)/t19-/m1/s1. The summed E-state index contributed by atoms with van der Waals surface area (Å²) in [6.07, 6.45) is 1.67. The fourth-order valence-electron chi connectivity index (χ4n) is 4.75. The molecule has 1 amide bonds. The number of furan rings is 1. The van der Waals surface area contributed by atoms with Crippen molar-refractivity contribution in [2.75, 3.05) is 12.4 Å². The van der Waals surface area contributed by atoms with E-state index in [1.807, 2.05) is 71.0 Å². The van der Waals surface area contributed by atoms with E-state index < -0.39 is 5.60 Å². The molecule has 0 aliphatic heterocycles. The summed E-state index contributed by atoms with van der Waals surface area (Å²) in [5, 5.41) is 15.7. The van der Waals surface area contributed by atoms with E-state index in [0.29, 0.717) is 33.5 Å². The first kappa shape index (κ1) is 26.9. The predicted molar refractivity (Wildman–Crippen MR) is 157 cm³/mol. The van der Waals surface area contributed by atoms with Crippen LogP contribution in [0.4, 0.5) is 5.69 Å². The van der Waals surface area contributed by atoms with E-state index in [1.165, 1.54) is 0 Å². The summed E-state index contributed by atoms with van der Waals surface area (Å²) in [6.45, 7) is 9.60. The van der Waals surface area contributed by atoms with Crippen LogP contribution in [0.25, 0.3) is 33.2 Å². The van der Waals surface area contributed by atoms with E-state index in [0.717, 1.165) is 27.6 Å². The summed E-state index contributed by atoms with van der Waals surface area (Å²) in [7, 11) is 1.60. The van der Waals surface area contributed by atoms with Crippen molar-refractivity contribution < 1.29 is 18.7 Å². The number of carbonyl (C=O) groups is 2. The molecule has 0 unspecified atom stereocenters. The minimum atomic E-state index is -0.603. The quantitative estimate of drug-likeness (QED) is 0.229. The van der Waals surface area contributed by atoms with Crippen LogP contribution in [0.2, 0.25) is 0 Å². The van der Waals surface area contributed by atoms with Crippen LogP contribution < -0.4 is 10.6 Å². The predicted octanol–water partition coefficient (Wildman–Crippen LogP) is 6.84. The van der Waals surface area contributed by atoms with E-state index in [-0.39, 0.29) is 17.9 Å². The number of fused-ring (bicyclic) bond motifs is 3. The molecule has 5 aromatic rings. The summed E-state index contributed by atoms with van der Waals surface area (Å²) in [4.78, 5) is 24.9. The van der Waals surface area contributed by atoms with E-state index in [2.05, 4.69) is 26.9 Å². The Labute approximate surface area is 232 Å². The van der Waals surface area contributed by atoms with E-state index >= 15 is 0 Å². The van der Waals surface area contributed by atoms with Crippen LogP contribution in [-0.4, -0.2) is 34.7 Å². The summed E-state index contributed by atoms with van der Waals surface area (Å²) < 4.78 is 12.1. The van der Waals surface area contributed by atoms with Crippen LogP contribution in [0, 0.1) is 6.92 Å². The lowest BCUT2D eigenvalue weighted by Gasteiger charge is -2.22. The lowest BCUT2D eigenvalue weighted by atomic mass is 10.0. The summed E-state index contributed by atoms with van der Waals surface area (Å²) in [6, 6.07) is 18.5. The third-order valence-electron chi connectivity index (χ3n) is 6.60. The molecule has 2 heterocycles. The van der Waals surface area contributed by atoms with Gasteiger partial charge in [-0.05, 0) is 76.1 Å². The van der Waals surface area contributed by atoms with Gasteiger partial charge in [-0.15, -0.1) is 5.10 Å². The first-order valence-corrected chi connectivity index (χ1v) is 13.2. The van der Waals surface area contributed by atoms with Crippen molar-refractivity contribution in [3.8, 4) is 11.1 Å². The summed E-state index contributed by atoms with van der Waals surface area (Å²) in [5.41, 5.74) is 6.69. The Morgan fingerprint density at radius 2 is 1.73 bits per heavy atom. The number of ether oxygens (including phenoxy) is 1. The number of esters is 1. The van der Waals surface area contributed by atoms with Crippen molar-refractivity contribution >= 4 is 39.6 Å². The molecule has 3 aromatic carbocycles. The Morgan fingerprint density at radius 3 is 2.42 bits per heavy atom. The molecule has 1 atom stereocenters. The highest BCUT2D eigenvalue weighted by Gasteiger charge is 2.23. The highest BCUT2D eigenvalue weighted by molar-refractivity contribution is 6.08. The number of aryl methyl sites for hydroxylation is 1. The topological polar surface area (TPSA) is 106 Å². The highest BCUT2D eigenvalue weighted by atomic mass is 16.6. The van der Waals surface area contributed by atoms with Gasteiger partial charge < -0.3 is 19.8 Å². The molecule has 0 fully saturated rings. The van der Waals surface area contributed by atoms with Crippen LogP contribution in [0.15, 0.2) is 71.3 Å². The number of carbonyl (C=O) groups excluding carboxylic acids is 2. The molecule has 8 heteroatoms. The summed E-state index contributed by atoms with van der Waals surface area (Å²) in [5.74, 6) is -0.536. The zero-order chi connectivity index (χ0) is 28.6. The van der Waals surface area contributed by atoms with Gasteiger partial charge >= 0.3 is 5.97 Å². The SMILES string of the molecule is CNC(=O)c1ccc(-c2cnnc3c2oc2c([C@@H](C)Nc4ccccc4C(=O)OC(C)(C)C)cc(C)cc23)cc1. The van der Waals surface area contributed by atoms with Crippen LogP contribution in [0.1, 0.15) is 65.6 Å². The average Bonchev–Trinajstić information content (AvgIpc) is 3.30. The van der Waals surface area contributed by atoms with Gasteiger partial charge in [-0.25, -0.2) is 4.79 Å². The van der Waals surface area contributed by atoms with Crippen molar-refractivity contribution in [1.29, 1.82) is 0 Å². The lowest BCUT2D eigenvalue weighted by molar-refractivity contribution is 0.00705. The molecule has 0 aliphatic carbocycles. The first-order chi connectivity index (χ1) is 19.1. The Bertz CT molecular complexity index is 1730. The molecule has 0 saturated heterocycles. The minimum absolute atomic E-state index is 0.150. The van der Waals surface area contributed by atoms with Gasteiger partial charge in [0.25, 0.3) is 5.91 Å². The van der Waals surface area contributed by atoms with Gasteiger partial charge in [-0.3, -0.25) is 4.79 Å². The average molecular weight is 537 g/mol. The molecule has 8 nitrogen and oxygen atoms in total. The third-order valence-corrected chi connectivity index (χ3v) is 6.60. The van der Waals surface area contributed by atoms with Crippen molar-refractivity contribution in [2.24, 2.45) is 0 Å². The molecular weight excluding hydrogens is 504 g/mol. The third kappa shape index (κ3) is 5.25.